The maximum atomic E-state index is 11.2. The van der Waals surface area contributed by atoms with E-state index in [0.717, 1.165) is 30.4 Å². The van der Waals surface area contributed by atoms with Gasteiger partial charge in [-0.05, 0) is 74.1 Å². The molecule has 0 fully saturated rings. The molecule has 0 spiro atoms. The molecular weight excluding hydrogens is 396 g/mol. The fourth-order valence-corrected chi connectivity index (χ4v) is 3.09. The van der Waals surface area contributed by atoms with Gasteiger partial charge in [0, 0.05) is 5.56 Å². The molecule has 32 heavy (non-hydrogen) atoms. The molecule has 0 amide bonds. The van der Waals surface area contributed by atoms with Crippen molar-refractivity contribution in [3.05, 3.63) is 113 Å². The smallest absolute Gasteiger partial charge is 0.347 e. The average molecular weight is 425 g/mol. The molecular formula is C29H28O3. The van der Waals surface area contributed by atoms with Gasteiger partial charge in [0.25, 0.3) is 0 Å². The number of aryl methyl sites for hydroxylation is 1. The van der Waals surface area contributed by atoms with Crippen molar-refractivity contribution in [2.24, 2.45) is 0 Å². The molecule has 0 saturated heterocycles. The Morgan fingerprint density at radius 3 is 2.09 bits per heavy atom. The topological polar surface area (TPSA) is 46.5 Å². The van der Waals surface area contributed by atoms with E-state index < -0.39 is 11.6 Å². The zero-order valence-corrected chi connectivity index (χ0v) is 18.5. The Bertz CT molecular complexity index is 1100. The normalized spacial score (nSPS) is 11.4. The van der Waals surface area contributed by atoms with Gasteiger partial charge in [-0.2, -0.15) is 0 Å². The predicted molar refractivity (Wildman–Crippen MR) is 129 cm³/mol. The van der Waals surface area contributed by atoms with Crippen LogP contribution in [0.25, 0.3) is 0 Å². The number of carboxylic acids is 1. The van der Waals surface area contributed by atoms with Gasteiger partial charge in [0.05, 0.1) is 0 Å². The van der Waals surface area contributed by atoms with E-state index in [-0.39, 0.29) is 0 Å². The van der Waals surface area contributed by atoms with Crippen molar-refractivity contribution in [1.29, 1.82) is 0 Å². The molecule has 3 rings (SSSR count). The Morgan fingerprint density at radius 2 is 1.50 bits per heavy atom. The summed E-state index contributed by atoms with van der Waals surface area (Å²) in [4.78, 5) is 11.2. The molecule has 0 aliphatic carbocycles. The molecule has 0 aliphatic rings. The highest BCUT2D eigenvalue weighted by Gasteiger charge is 2.29. The van der Waals surface area contributed by atoms with Crippen LogP contribution in [0.5, 0.6) is 5.75 Å². The lowest BCUT2D eigenvalue weighted by molar-refractivity contribution is -0.152. The molecule has 0 saturated carbocycles. The highest BCUT2D eigenvalue weighted by atomic mass is 16.5. The molecule has 3 aromatic rings. The molecule has 0 atom stereocenters. The van der Waals surface area contributed by atoms with Gasteiger partial charge in [0.1, 0.15) is 5.75 Å². The summed E-state index contributed by atoms with van der Waals surface area (Å²) in [6.07, 6.45) is 4.86. The highest BCUT2D eigenvalue weighted by Crippen LogP contribution is 2.19. The largest absolute Gasteiger partial charge is 0.478 e. The lowest BCUT2D eigenvalue weighted by atomic mass is 10.0. The molecule has 0 aliphatic heterocycles. The van der Waals surface area contributed by atoms with Crippen molar-refractivity contribution in [3.8, 4) is 17.6 Å². The van der Waals surface area contributed by atoms with Crippen LogP contribution in [0.3, 0.4) is 0 Å². The number of aliphatic carboxylic acids is 1. The zero-order valence-electron chi connectivity index (χ0n) is 18.5. The van der Waals surface area contributed by atoms with Gasteiger partial charge in [-0.3, -0.25) is 0 Å². The van der Waals surface area contributed by atoms with Crippen molar-refractivity contribution in [2.75, 3.05) is 0 Å². The number of carbonyl (C=O) groups is 1. The summed E-state index contributed by atoms with van der Waals surface area (Å²) in [5.74, 6) is 6.08. The summed E-state index contributed by atoms with van der Waals surface area (Å²) in [5.41, 5.74) is 3.23. The second kappa shape index (κ2) is 11.0. The quantitative estimate of drug-likeness (QED) is 0.446. The second-order valence-corrected chi connectivity index (χ2v) is 8.10. The number of allylic oxidation sites excluding steroid dienone is 2. The summed E-state index contributed by atoms with van der Waals surface area (Å²) in [6.45, 7) is 3.05. The first kappa shape index (κ1) is 22.9. The van der Waals surface area contributed by atoms with E-state index in [1.54, 1.807) is 12.1 Å². The van der Waals surface area contributed by atoms with Crippen LogP contribution in [0.4, 0.5) is 0 Å². The van der Waals surface area contributed by atoms with Crippen LogP contribution in [0.15, 0.2) is 96.6 Å². The monoisotopic (exact) mass is 424 g/mol. The van der Waals surface area contributed by atoms with Gasteiger partial charge in [-0.25, -0.2) is 4.79 Å². The van der Waals surface area contributed by atoms with E-state index >= 15 is 0 Å². The van der Waals surface area contributed by atoms with Crippen molar-refractivity contribution in [1.82, 2.24) is 0 Å². The molecule has 0 bridgehead atoms. The first-order valence-electron chi connectivity index (χ1n) is 10.7. The molecule has 1 N–H and O–H groups in total. The van der Waals surface area contributed by atoms with Gasteiger partial charge in [-0.1, -0.05) is 78.6 Å². The SMILES string of the molecule is CC(C)(Oc1ccc(C#CC(=CCc2ccccc2)CCc2ccccc2)cc1)C(=O)O. The molecule has 0 radical (unpaired) electrons. The van der Waals surface area contributed by atoms with Gasteiger partial charge >= 0.3 is 5.97 Å². The van der Waals surface area contributed by atoms with Crippen LogP contribution >= 0.6 is 0 Å². The third-order valence-corrected chi connectivity index (χ3v) is 5.06. The number of hydrogen-bond acceptors (Lipinski definition) is 2. The molecule has 162 valence electrons. The Kier molecular flexibility index (Phi) is 7.89. The predicted octanol–water partition coefficient (Wildman–Crippen LogP) is 6.08. The molecule has 0 aromatic heterocycles. The number of hydrogen-bond donors (Lipinski definition) is 1. The standard InChI is InChI=1S/C29H28O3/c1-29(2,28(30)31)32-27-21-19-26(20-22-27)18-17-25(15-13-23-9-5-3-6-10-23)16-14-24-11-7-4-8-12-24/h3-12,15,19-22H,13-14,16H2,1-2H3,(H,30,31). The Hall–Kier alpha value is -3.77. The molecule has 3 nitrogen and oxygen atoms in total. The molecule has 3 heteroatoms. The Labute approximate surface area is 190 Å². The average Bonchev–Trinajstić information content (AvgIpc) is 2.80. The van der Waals surface area contributed by atoms with Crippen LogP contribution in [-0.2, 0) is 17.6 Å². The van der Waals surface area contributed by atoms with E-state index in [0.29, 0.717) is 5.75 Å². The first-order chi connectivity index (χ1) is 15.4. The summed E-state index contributed by atoms with van der Waals surface area (Å²) in [6, 6.07) is 28.0. The van der Waals surface area contributed by atoms with E-state index in [1.807, 2.05) is 36.4 Å². The van der Waals surface area contributed by atoms with E-state index in [4.69, 9.17) is 4.74 Å². The van der Waals surface area contributed by atoms with Gasteiger partial charge in [0.15, 0.2) is 5.60 Å². The van der Waals surface area contributed by atoms with Gasteiger partial charge < -0.3 is 9.84 Å². The van der Waals surface area contributed by atoms with Crippen LogP contribution in [0, 0.1) is 11.8 Å². The maximum Gasteiger partial charge on any atom is 0.347 e. The van der Waals surface area contributed by atoms with E-state index in [9.17, 15) is 9.90 Å². The number of rotatable bonds is 8. The lowest BCUT2D eigenvalue weighted by Gasteiger charge is -2.21. The van der Waals surface area contributed by atoms with Crippen molar-refractivity contribution >= 4 is 5.97 Å². The van der Waals surface area contributed by atoms with Crippen molar-refractivity contribution in [2.45, 2.75) is 38.7 Å². The first-order valence-corrected chi connectivity index (χ1v) is 10.7. The number of benzene rings is 3. The zero-order chi connectivity index (χ0) is 22.8. The minimum atomic E-state index is -1.28. The van der Waals surface area contributed by atoms with Gasteiger partial charge in [0.2, 0.25) is 0 Å². The van der Waals surface area contributed by atoms with Crippen LogP contribution < -0.4 is 4.74 Å². The third-order valence-electron chi connectivity index (χ3n) is 5.06. The fraction of sp³-hybridized carbons (Fsp3) is 0.207. The minimum absolute atomic E-state index is 0.506. The van der Waals surface area contributed by atoms with Crippen LogP contribution in [-0.4, -0.2) is 16.7 Å². The fourth-order valence-electron chi connectivity index (χ4n) is 3.09. The molecule has 0 unspecified atom stereocenters. The molecule has 3 aromatic carbocycles. The lowest BCUT2D eigenvalue weighted by Crippen LogP contribution is -2.37. The van der Waals surface area contributed by atoms with E-state index in [2.05, 4.69) is 54.3 Å². The van der Waals surface area contributed by atoms with Crippen molar-refractivity contribution < 1.29 is 14.6 Å². The Morgan fingerprint density at radius 1 is 0.906 bits per heavy atom. The summed E-state index contributed by atoms with van der Waals surface area (Å²) < 4.78 is 5.56. The summed E-state index contributed by atoms with van der Waals surface area (Å²) in [7, 11) is 0. The maximum absolute atomic E-state index is 11.2. The summed E-state index contributed by atoms with van der Waals surface area (Å²) >= 11 is 0. The van der Waals surface area contributed by atoms with Crippen molar-refractivity contribution in [3.63, 3.8) is 0 Å². The minimum Gasteiger partial charge on any atom is -0.478 e. The highest BCUT2D eigenvalue weighted by molar-refractivity contribution is 5.76. The van der Waals surface area contributed by atoms with Crippen LogP contribution in [0.1, 0.15) is 37.0 Å². The van der Waals surface area contributed by atoms with E-state index in [1.165, 1.54) is 25.0 Å². The number of ether oxygens (including phenoxy) is 1. The van der Waals surface area contributed by atoms with Gasteiger partial charge in [-0.15, -0.1) is 0 Å². The Balaban J connectivity index is 1.73. The van der Waals surface area contributed by atoms with Crippen LogP contribution in [0.2, 0.25) is 0 Å². The third kappa shape index (κ3) is 7.18. The number of carboxylic acid groups (broad SMARTS) is 1. The molecule has 0 heterocycles. The summed E-state index contributed by atoms with van der Waals surface area (Å²) in [5, 5.41) is 9.21. The second-order valence-electron chi connectivity index (χ2n) is 8.10.